The number of nitrogens with zero attached hydrogens (tertiary/aromatic N) is 1. The Morgan fingerprint density at radius 1 is 1.10 bits per heavy atom. The van der Waals surface area contributed by atoms with Crippen molar-refractivity contribution < 1.29 is 28.6 Å². The van der Waals surface area contributed by atoms with E-state index < -0.39 is 19.2 Å². The highest BCUT2D eigenvalue weighted by Gasteiger charge is 2.57. The van der Waals surface area contributed by atoms with E-state index in [-0.39, 0.29) is 24.1 Å². The highest BCUT2D eigenvalue weighted by molar-refractivity contribution is 6.61. The van der Waals surface area contributed by atoms with Crippen LogP contribution in [0.2, 0.25) is 0 Å². The van der Waals surface area contributed by atoms with Crippen molar-refractivity contribution in [2.45, 2.75) is 44.2 Å². The Morgan fingerprint density at radius 2 is 1.97 bits per heavy atom. The lowest BCUT2D eigenvalue weighted by Crippen LogP contribution is -2.53. The van der Waals surface area contributed by atoms with Crippen LogP contribution in [0.5, 0.6) is 5.75 Å². The lowest BCUT2D eigenvalue weighted by Gasteiger charge is -2.32. The molecule has 0 aliphatic carbocycles. The standard InChI is InChI=1S/C21H22BNO6/c1-21(2)27-19-18-17(26-20(19)28-21)12-25-22(29-18)14-7-5-8-15(10-14)23-11-13-6-3-4-9-16(13)24/h3-11,17-20,24H,12H2,1-2H3/t17-,18+,19-,20-/m1/s1. The van der Waals surface area contributed by atoms with Gasteiger partial charge in [0.15, 0.2) is 12.1 Å². The minimum atomic E-state index is -0.685. The van der Waals surface area contributed by atoms with Gasteiger partial charge in [-0.25, -0.2) is 0 Å². The van der Waals surface area contributed by atoms with Crippen LogP contribution in [0.25, 0.3) is 0 Å². The molecule has 0 amide bonds. The molecule has 1 N–H and O–H groups in total. The van der Waals surface area contributed by atoms with Gasteiger partial charge in [0.25, 0.3) is 0 Å². The molecule has 0 aromatic heterocycles. The summed E-state index contributed by atoms with van der Waals surface area (Å²) in [7, 11) is -0.536. The Bertz CT molecular complexity index is 935. The van der Waals surface area contributed by atoms with Gasteiger partial charge in [0.1, 0.15) is 24.1 Å². The number of aliphatic imine (C=N–C) groups is 1. The van der Waals surface area contributed by atoms with Gasteiger partial charge in [0.2, 0.25) is 0 Å². The highest BCUT2D eigenvalue weighted by Crippen LogP contribution is 2.40. The Morgan fingerprint density at radius 3 is 2.83 bits per heavy atom. The van der Waals surface area contributed by atoms with Crippen molar-refractivity contribution in [3.8, 4) is 5.75 Å². The molecule has 0 bridgehead atoms. The minimum Gasteiger partial charge on any atom is -0.507 e. The summed E-state index contributed by atoms with van der Waals surface area (Å²) in [6.07, 6.45) is 0.461. The average molecular weight is 395 g/mol. The van der Waals surface area contributed by atoms with Crippen molar-refractivity contribution in [3.05, 3.63) is 54.1 Å². The summed E-state index contributed by atoms with van der Waals surface area (Å²) in [6.45, 7) is 4.14. The summed E-state index contributed by atoms with van der Waals surface area (Å²) in [5.74, 6) is -0.496. The smallest absolute Gasteiger partial charge is 0.494 e. The Hall–Kier alpha value is -2.23. The van der Waals surface area contributed by atoms with Crippen molar-refractivity contribution >= 4 is 24.5 Å². The summed E-state index contributed by atoms with van der Waals surface area (Å²) in [5.41, 5.74) is 2.25. The van der Waals surface area contributed by atoms with Gasteiger partial charge in [0, 0.05) is 11.8 Å². The fourth-order valence-corrected chi connectivity index (χ4v) is 3.88. The van der Waals surface area contributed by atoms with Crippen LogP contribution in [-0.4, -0.2) is 55.4 Å². The summed E-state index contributed by atoms with van der Waals surface area (Å²) >= 11 is 0. The molecule has 0 spiro atoms. The molecule has 8 heteroatoms. The maximum absolute atomic E-state index is 9.88. The number of phenols is 1. The van der Waals surface area contributed by atoms with Crippen LogP contribution >= 0.6 is 0 Å². The molecule has 0 unspecified atom stereocenters. The van der Waals surface area contributed by atoms with E-state index in [0.717, 1.165) is 11.2 Å². The molecule has 3 fully saturated rings. The zero-order valence-electron chi connectivity index (χ0n) is 16.2. The first-order valence-corrected chi connectivity index (χ1v) is 9.69. The minimum absolute atomic E-state index is 0.190. The first-order valence-electron chi connectivity index (χ1n) is 9.69. The fraction of sp³-hybridized carbons (Fsp3) is 0.381. The number of fused-ring (bicyclic) bond motifs is 3. The number of benzene rings is 2. The van der Waals surface area contributed by atoms with Gasteiger partial charge in [-0.3, -0.25) is 4.99 Å². The molecule has 3 aliphatic rings. The lowest BCUT2D eigenvalue weighted by molar-refractivity contribution is -0.221. The van der Waals surface area contributed by atoms with E-state index in [1.165, 1.54) is 0 Å². The van der Waals surface area contributed by atoms with Crippen LogP contribution in [0.4, 0.5) is 5.69 Å². The number of ether oxygens (including phenoxy) is 3. The predicted molar refractivity (Wildman–Crippen MR) is 107 cm³/mol. The van der Waals surface area contributed by atoms with Gasteiger partial charge < -0.3 is 28.6 Å². The van der Waals surface area contributed by atoms with Crippen LogP contribution in [0.3, 0.4) is 0 Å². The number of para-hydroxylation sites is 1. The molecule has 4 atom stereocenters. The number of rotatable bonds is 3. The largest absolute Gasteiger partial charge is 0.507 e. The van der Waals surface area contributed by atoms with Crippen molar-refractivity contribution in [3.63, 3.8) is 0 Å². The molecule has 2 aromatic carbocycles. The summed E-state index contributed by atoms with van der Waals surface area (Å²) in [4.78, 5) is 4.47. The third-order valence-corrected chi connectivity index (χ3v) is 5.21. The van der Waals surface area contributed by atoms with E-state index in [4.69, 9.17) is 23.5 Å². The normalized spacial score (nSPS) is 30.5. The number of aromatic hydroxyl groups is 1. The molecule has 29 heavy (non-hydrogen) atoms. The molecule has 0 saturated carbocycles. The maximum Gasteiger partial charge on any atom is 0.494 e. The van der Waals surface area contributed by atoms with Crippen LogP contribution < -0.4 is 5.46 Å². The van der Waals surface area contributed by atoms with Gasteiger partial charge in [-0.2, -0.15) is 0 Å². The molecule has 2 aromatic rings. The lowest BCUT2D eigenvalue weighted by atomic mass is 9.77. The van der Waals surface area contributed by atoms with Crippen molar-refractivity contribution in [2.24, 2.45) is 4.99 Å². The van der Waals surface area contributed by atoms with Gasteiger partial charge >= 0.3 is 7.12 Å². The fourth-order valence-electron chi connectivity index (χ4n) is 3.88. The Balaban J connectivity index is 1.32. The van der Waals surface area contributed by atoms with Gasteiger partial charge in [-0.1, -0.05) is 24.3 Å². The maximum atomic E-state index is 9.88. The molecular formula is C21H22BNO6. The molecule has 5 rings (SSSR count). The van der Waals surface area contributed by atoms with Crippen molar-refractivity contribution in [2.75, 3.05) is 6.61 Å². The highest BCUT2D eigenvalue weighted by atomic mass is 16.8. The van der Waals surface area contributed by atoms with Crippen LogP contribution in [0.1, 0.15) is 19.4 Å². The average Bonchev–Trinajstić information content (AvgIpc) is 3.18. The number of hydrogen-bond acceptors (Lipinski definition) is 7. The summed E-state index contributed by atoms with van der Waals surface area (Å²) in [6, 6.07) is 14.7. The van der Waals surface area contributed by atoms with Crippen LogP contribution in [0, 0.1) is 0 Å². The summed E-state index contributed by atoms with van der Waals surface area (Å²) in [5, 5.41) is 9.88. The Kier molecular flexibility index (Phi) is 4.68. The number of phenolic OH excluding ortho intramolecular Hbond substituents is 1. The van der Waals surface area contributed by atoms with E-state index in [0.29, 0.717) is 12.2 Å². The molecule has 3 saturated heterocycles. The van der Waals surface area contributed by atoms with E-state index in [1.807, 2.05) is 44.2 Å². The third kappa shape index (κ3) is 3.70. The van der Waals surface area contributed by atoms with Gasteiger partial charge in [-0.05, 0) is 43.6 Å². The molecule has 7 nitrogen and oxygen atoms in total. The van der Waals surface area contributed by atoms with E-state index in [2.05, 4.69) is 4.99 Å². The van der Waals surface area contributed by atoms with Crippen molar-refractivity contribution in [1.29, 1.82) is 0 Å². The third-order valence-electron chi connectivity index (χ3n) is 5.21. The Labute approximate surface area is 169 Å². The second-order valence-electron chi connectivity index (χ2n) is 7.82. The monoisotopic (exact) mass is 395 g/mol. The summed E-state index contributed by atoms with van der Waals surface area (Å²) < 4.78 is 29.7. The van der Waals surface area contributed by atoms with E-state index in [9.17, 15) is 5.11 Å². The topological polar surface area (TPSA) is 78.7 Å². The predicted octanol–water partition coefficient (Wildman–Crippen LogP) is 2.13. The molecular weight excluding hydrogens is 373 g/mol. The van der Waals surface area contributed by atoms with Crippen molar-refractivity contribution in [1.82, 2.24) is 0 Å². The van der Waals surface area contributed by atoms with Gasteiger partial charge in [0.05, 0.1) is 12.3 Å². The first-order chi connectivity index (χ1) is 14.0. The first kappa shape index (κ1) is 18.8. The second-order valence-corrected chi connectivity index (χ2v) is 7.82. The van der Waals surface area contributed by atoms with E-state index >= 15 is 0 Å². The zero-order valence-corrected chi connectivity index (χ0v) is 16.2. The molecule has 0 radical (unpaired) electrons. The van der Waals surface area contributed by atoms with Crippen LogP contribution in [-0.2, 0) is 23.5 Å². The van der Waals surface area contributed by atoms with Gasteiger partial charge in [-0.15, -0.1) is 0 Å². The number of hydrogen-bond donors (Lipinski definition) is 1. The van der Waals surface area contributed by atoms with Crippen LogP contribution in [0.15, 0.2) is 53.5 Å². The second kappa shape index (κ2) is 7.23. The SMILES string of the molecule is CC1(C)O[C@H]2O[C@@H]3COB(c4cccc(N=Cc5ccccc5O)c4)O[C@@H]3[C@H]2O1. The van der Waals surface area contributed by atoms with E-state index in [1.54, 1.807) is 24.4 Å². The quantitative estimate of drug-likeness (QED) is 0.634. The molecule has 150 valence electrons. The molecule has 3 heterocycles. The molecule has 3 aliphatic heterocycles. The zero-order chi connectivity index (χ0) is 20.0.